The Kier molecular flexibility index (Phi) is 5.86. The first kappa shape index (κ1) is 16.8. The van der Waals surface area contributed by atoms with Crippen LogP contribution < -0.4 is 5.73 Å². The summed E-state index contributed by atoms with van der Waals surface area (Å²) in [6.07, 6.45) is 3.48. The smallest absolute Gasteiger partial charge is 0.154 e. The molecule has 4 atom stereocenters. The Bertz CT molecular complexity index is 503. The quantitative estimate of drug-likeness (QED) is 0.780. The summed E-state index contributed by atoms with van der Waals surface area (Å²) in [5.41, 5.74) is 7.20. The number of hydrogen-bond acceptors (Lipinski definition) is 4. The lowest BCUT2D eigenvalue weighted by Crippen LogP contribution is -2.48. The van der Waals surface area contributed by atoms with Gasteiger partial charge in [0, 0.05) is 12.0 Å². The average Bonchev–Trinajstić information content (AvgIpc) is 3.02. The van der Waals surface area contributed by atoms with Gasteiger partial charge in [-0.2, -0.15) is 0 Å². The molecule has 22 heavy (non-hydrogen) atoms. The van der Waals surface area contributed by atoms with Crippen molar-refractivity contribution in [2.75, 3.05) is 6.54 Å². The van der Waals surface area contributed by atoms with Crippen molar-refractivity contribution in [1.29, 1.82) is 0 Å². The van der Waals surface area contributed by atoms with Gasteiger partial charge in [-0.1, -0.05) is 37.3 Å². The van der Waals surface area contributed by atoms with Crippen molar-refractivity contribution in [2.24, 2.45) is 11.7 Å². The summed E-state index contributed by atoms with van der Waals surface area (Å²) < 4.78 is 0. The normalized spacial score (nSPS) is 23.0. The summed E-state index contributed by atoms with van der Waals surface area (Å²) in [4.78, 5) is 25.9. The molecule has 0 spiro atoms. The number of nitrogens with two attached hydrogens (primary N) is 1. The fourth-order valence-corrected chi connectivity index (χ4v) is 3.30. The van der Waals surface area contributed by atoms with Crippen molar-refractivity contribution in [2.45, 2.75) is 51.2 Å². The lowest BCUT2D eigenvalue weighted by Gasteiger charge is -2.32. The Morgan fingerprint density at radius 3 is 2.68 bits per heavy atom. The summed E-state index contributed by atoms with van der Waals surface area (Å²) >= 11 is 0. The SMILES string of the molecule is CC(C(=O)[C@@H](N)Cc1ccccc1)C(C)N1CCC[C@H]1C=O. The van der Waals surface area contributed by atoms with E-state index in [1.54, 1.807) is 0 Å². The molecule has 0 saturated carbocycles. The number of nitrogens with zero attached hydrogens (tertiary/aromatic N) is 1. The minimum Gasteiger partial charge on any atom is -0.321 e. The largest absolute Gasteiger partial charge is 0.321 e. The maximum Gasteiger partial charge on any atom is 0.154 e. The zero-order chi connectivity index (χ0) is 16.1. The Labute approximate surface area is 132 Å². The van der Waals surface area contributed by atoms with Gasteiger partial charge in [0.1, 0.15) is 6.29 Å². The summed E-state index contributed by atoms with van der Waals surface area (Å²) in [7, 11) is 0. The molecule has 1 aromatic rings. The second-order valence-corrected chi connectivity index (χ2v) is 6.31. The molecule has 4 nitrogen and oxygen atoms in total. The summed E-state index contributed by atoms with van der Waals surface area (Å²) in [6.45, 7) is 4.84. The highest BCUT2D eigenvalue weighted by atomic mass is 16.1. The maximum atomic E-state index is 12.6. The van der Waals surface area contributed by atoms with Crippen LogP contribution in [0.3, 0.4) is 0 Å². The van der Waals surface area contributed by atoms with Gasteiger partial charge in [-0.3, -0.25) is 9.69 Å². The third kappa shape index (κ3) is 3.81. The maximum absolute atomic E-state index is 12.6. The molecule has 1 fully saturated rings. The number of Topliss-reactive ketones (excluding diaryl/α,β-unsaturated/α-hetero) is 1. The standard InChI is InChI=1S/C18H26N2O2/c1-13(14(2)20-10-6-9-16(20)12-21)18(22)17(19)11-15-7-4-3-5-8-15/h3-5,7-8,12-14,16-17H,6,9-11,19H2,1-2H3/t13?,14?,16-,17-/m0/s1. The Morgan fingerprint density at radius 1 is 1.36 bits per heavy atom. The molecule has 2 rings (SSSR count). The molecule has 2 N–H and O–H groups in total. The number of rotatable bonds is 7. The van der Waals surface area contributed by atoms with Crippen LogP contribution >= 0.6 is 0 Å². The Hall–Kier alpha value is -1.52. The van der Waals surface area contributed by atoms with Crippen molar-refractivity contribution in [1.82, 2.24) is 4.90 Å². The molecule has 0 aliphatic carbocycles. The molecule has 0 amide bonds. The van der Waals surface area contributed by atoms with Crippen molar-refractivity contribution >= 4 is 12.1 Å². The van der Waals surface area contributed by atoms with Crippen LogP contribution in [-0.2, 0) is 16.0 Å². The average molecular weight is 302 g/mol. The minimum atomic E-state index is -0.489. The molecule has 1 saturated heterocycles. The fourth-order valence-electron chi connectivity index (χ4n) is 3.30. The van der Waals surface area contributed by atoms with Crippen LogP contribution in [0, 0.1) is 5.92 Å². The van der Waals surface area contributed by atoms with E-state index >= 15 is 0 Å². The van der Waals surface area contributed by atoms with Gasteiger partial charge in [0.05, 0.1) is 12.1 Å². The van der Waals surface area contributed by atoms with Gasteiger partial charge in [-0.05, 0) is 38.3 Å². The van der Waals surface area contributed by atoms with E-state index in [4.69, 9.17) is 5.73 Å². The number of carbonyl (C=O) groups excluding carboxylic acids is 2. The van der Waals surface area contributed by atoms with Crippen LogP contribution in [0.2, 0.25) is 0 Å². The van der Waals surface area contributed by atoms with Gasteiger partial charge >= 0.3 is 0 Å². The first-order valence-corrected chi connectivity index (χ1v) is 8.09. The third-order valence-corrected chi connectivity index (χ3v) is 4.86. The van der Waals surface area contributed by atoms with E-state index in [0.29, 0.717) is 6.42 Å². The second kappa shape index (κ2) is 7.65. The number of likely N-dealkylation sites (tertiary alicyclic amines) is 1. The summed E-state index contributed by atoms with van der Waals surface area (Å²) in [6, 6.07) is 9.36. The second-order valence-electron chi connectivity index (χ2n) is 6.31. The molecule has 0 radical (unpaired) electrons. The molecule has 1 heterocycles. The fraction of sp³-hybridized carbons (Fsp3) is 0.556. The van der Waals surface area contributed by atoms with E-state index in [9.17, 15) is 9.59 Å². The van der Waals surface area contributed by atoms with E-state index in [0.717, 1.165) is 31.2 Å². The zero-order valence-corrected chi connectivity index (χ0v) is 13.4. The molecular formula is C18H26N2O2. The molecule has 1 aromatic carbocycles. The van der Waals surface area contributed by atoms with E-state index in [1.807, 2.05) is 44.2 Å². The predicted octanol–water partition coefficient (Wildman–Crippen LogP) is 1.81. The number of aldehydes is 1. The molecule has 1 aliphatic heterocycles. The molecule has 120 valence electrons. The molecule has 2 unspecified atom stereocenters. The van der Waals surface area contributed by atoms with Gasteiger partial charge in [-0.15, -0.1) is 0 Å². The van der Waals surface area contributed by atoms with Crippen molar-refractivity contribution < 1.29 is 9.59 Å². The molecule has 0 aromatic heterocycles. The number of hydrogen-bond donors (Lipinski definition) is 1. The zero-order valence-electron chi connectivity index (χ0n) is 13.4. The third-order valence-electron chi connectivity index (χ3n) is 4.86. The first-order valence-electron chi connectivity index (χ1n) is 8.09. The lowest BCUT2D eigenvalue weighted by atomic mass is 9.90. The van der Waals surface area contributed by atoms with Crippen molar-refractivity contribution in [3.05, 3.63) is 35.9 Å². The van der Waals surface area contributed by atoms with E-state index in [2.05, 4.69) is 4.90 Å². The predicted molar refractivity (Wildman–Crippen MR) is 87.5 cm³/mol. The van der Waals surface area contributed by atoms with Crippen LogP contribution in [0.4, 0.5) is 0 Å². The highest BCUT2D eigenvalue weighted by Crippen LogP contribution is 2.23. The topological polar surface area (TPSA) is 63.4 Å². The van der Waals surface area contributed by atoms with Crippen LogP contribution in [0.5, 0.6) is 0 Å². The molecule has 0 bridgehead atoms. The first-order chi connectivity index (χ1) is 10.5. The Balaban J connectivity index is 1.97. The van der Waals surface area contributed by atoms with Crippen LogP contribution in [0.15, 0.2) is 30.3 Å². The highest BCUT2D eigenvalue weighted by molar-refractivity contribution is 5.86. The van der Waals surface area contributed by atoms with Gasteiger partial charge in [-0.25, -0.2) is 0 Å². The van der Waals surface area contributed by atoms with Crippen LogP contribution in [0.1, 0.15) is 32.3 Å². The Morgan fingerprint density at radius 2 is 2.05 bits per heavy atom. The van der Waals surface area contributed by atoms with E-state index < -0.39 is 6.04 Å². The number of carbonyl (C=O) groups is 2. The van der Waals surface area contributed by atoms with Gasteiger partial charge < -0.3 is 10.5 Å². The lowest BCUT2D eigenvalue weighted by molar-refractivity contribution is -0.126. The van der Waals surface area contributed by atoms with Crippen LogP contribution in [-0.4, -0.2) is 41.6 Å². The van der Waals surface area contributed by atoms with E-state index in [-0.39, 0.29) is 23.8 Å². The molecule has 1 aliphatic rings. The highest BCUT2D eigenvalue weighted by Gasteiger charge is 2.34. The van der Waals surface area contributed by atoms with E-state index in [1.165, 1.54) is 0 Å². The van der Waals surface area contributed by atoms with Crippen molar-refractivity contribution in [3.63, 3.8) is 0 Å². The van der Waals surface area contributed by atoms with Crippen LogP contribution in [0.25, 0.3) is 0 Å². The van der Waals surface area contributed by atoms with Crippen molar-refractivity contribution in [3.8, 4) is 0 Å². The molecular weight excluding hydrogens is 276 g/mol. The summed E-state index contributed by atoms with van der Waals surface area (Å²) in [5.74, 6) is -0.0906. The summed E-state index contributed by atoms with van der Waals surface area (Å²) in [5, 5.41) is 0. The van der Waals surface area contributed by atoms with Gasteiger partial charge in [0.25, 0.3) is 0 Å². The van der Waals surface area contributed by atoms with Gasteiger partial charge in [0.2, 0.25) is 0 Å². The molecule has 4 heteroatoms. The number of ketones is 1. The number of benzene rings is 1. The monoisotopic (exact) mass is 302 g/mol. The van der Waals surface area contributed by atoms with Gasteiger partial charge in [0.15, 0.2) is 5.78 Å². The minimum absolute atomic E-state index is 0.0457.